The van der Waals surface area contributed by atoms with E-state index in [4.69, 9.17) is 4.74 Å². The first-order valence-electron chi connectivity index (χ1n) is 7.71. The first-order chi connectivity index (χ1) is 10.1. The summed E-state index contributed by atoms with van der Waals surface area (Å²) in [6.45, 7) is 2.54. The van der Waals surface area contributed by atoms with Gasteiger partial charge < -0.3 is 14.7 Å². The maximum atomic E-state index is 11.9. The number of aliphatic hydroxyl groups is 1. The number of anilines is 1. The lowest BCUT2D eigenvalue weighted by Gasteiger charge is -2.36. The van der Waals surface area contributed by atoms with E-state index in [0.29, 0.717) is 6.54 Å². The van der Waals surface area contributed by atoms with Crippen molar-refractivity contribution in [1.29, 1.82) is 0 Å². The molecule has 21 heavy (non-hydrogen) atoms. The largest absolute Gasteiger partial charge is 0.467 e. The minimum Gasteiger partial charge on any atom is -0.467 e. The van der Waals surface area contributed by atoms with E-state index in [1.165, 1.54) is 7.11 Å². The quantitative estimate of drug-likeness (QED) is 0.847. The number of aliphatic hydroxyl groups excluding tert-OH is 1. The lowest BCUT2D eigenvalue weighted by atomic mass is 9.86. The van der Waals surface area contributed by atoms with E-state index in [-0.39, 0.29) is 24.0 Å². The molecule has 1 aliphatic rings. The summed E-state index contributed by atoms with van der Waals surface area (Å²) in [4.78, 5) is 14.0. The van der Waals surface area contributed by atoms with Crippen LogP contribution in [-0.4, -0.2) is 36.9 Å². The van der Waals surface area contributed by atoms with Crippen molar-refractivity contribution in [2.24, 2.45) is 5.92 Å². The molecule has 3 atom stereocenters. The molecule has 0 aliphatic heterocycles. The van der Waals surface area contributed by atoms with Gasteiger partial charge in [-0.05, 0) is 31.9 Å². The summed E-state index contributed by atoms with van der Waals surface area (Å²) in [6, 6.07) is 9.52. The first kappa shape index (κ1) is 15.8. The number of esters is 1. The lowest BCUT2D eigenvalue weighted by Crippen LogP contribution is -2.45. The van der Waals surface area contributed by atoms with Gasteiger partial charge in [0.15, 0.2) is 0 Å². The van der Waals surface area contributed by atoms with Crippen LogP contribution in [0.15, 0.2) is 30.3 Å². The average Bonchev–Trinajstić information content (AvgIpc) is 2.53. The molecule has 1 saturated carbocycles. The van der Waals surface area contributed by atoms with Crippen LogP contribution < -0.4 is 4.90 Å². The molecule has 0 spiro atoms. The lowest BCUT2D eigenvalue weighted by molar-refractivity contribution is -0.141. The Balaban J connectivity index is 2.17. The molecule has 1 N–H and O–H groups in total. The number of methoxy groups -OCH3 is 1. The summed E-state index contributed by atoms with van der Waals surface area (Å²) in [5, 5.41) is 10.2. The highest BCUT2D eigenvalue weighted by molar-refractivity contribution is 5.79. The van der Waals surface area contributed by atoms with E-state index in [9.17, 15) is 9.90 Å². The van der Waals surface area contributed by atoms with Gasteiger partial charge in [0.2, 0.25) is 0 Å². The van der Waals surface area contributed by atoms with Crippen molar-refractivity contribution < 1.29 is 14.6 Å². The Hall–Kier alpha value is -1.55. The molecule has 1 fully saturated rings. The van der Waals surface area contributed by atoms with Gasteiger partial charge in [-0.2, -0.15) is 0 Å². The normalized spacial score (nSPS) is 23.4. The standard InChI is InChI=1S/C17H25NO3/c1-13(17(20)21-2)18(15-9-4-3-5-10-15)12-14-8-6-7-11-16(14)19/h3-5,9-10,13-14,16,19H,6-8,11-12H2,1-2H3. The minimum absolute atomic E-state index is 0.214. The molecule has 2 rings (SSSR count). The Morgan fingerprint density at radius 2 is 2.00 bits per heavy atom. The third kappa shape index (κ3) is 3.97. The number of hydrogen-bond acceptors (Lipinski definition) is 4. The maximum Gasteiger partial charge on any atom is 0.328 e. The number of ether oxygens (including phenoxy) is 1. The van der Waals surface area contributed by atoms with Gasteiger partial charge in [0.05, 0.1) is 13.2 Å². The van der Waals surface area contributed by atoms with E-state index in [2.05, 4.69) is 0 Å². The van der Waals surface area contributed by atoms with E-state index in [1.807, 2.05) is 42.2 Å². The van der Waals surface area contributed by atoms with Crippen molar-refractivity contribution >= 4 is 11.7 Å². The molecule has 1 aromatic carbocycles. The van der Waals surface area contributed by atoms with Crippen molar-refractivity contribution in [2.45, 2.75) is 44.8 Å². The van der Waals surface area contributed by atoms with Crippen LogP contribution in [0.2, 0.25) is 0 Å². The number of hydrogen-bond donors (Lipinski definition) is 1. The monoisotopic (exact) mass is 291 g/mol. The van der Waals surface area contributed by atoms with Gasteiger partial charge in [0.1, 0.15) is 6.04 Å². The first-order valence-corrected chi connectivity index (χ1v) is 7.71. The Kier molecular flexibility index (Phi) is 5.62. The smallest absolute Gasteiger partial charge is 0.328 e. The van der Waals surface area contributed by atoms with Crippen molar-refractivity contribution in [3.63, 3.8) is 0 Å². The zero-order valence-corrected chi connectivity index (χ0v) is 12.9. The predicted octanol–water partition coefficient (Wildman–Crippen LogP) is 2.61. The molecule has 0 bridgehead atoms. The minimum atomic E-state index is -0.355. The Morgan fingerprint density at radius 1 is 1.33 bits per heavy atom. The molecule has 0 heterocycles. The van der Waals surface area contributed by atoms with E-state index >= 15 is 0 Å². The zero-order valence-electron chi connectivity index (χ0n) is 12.9. The molecule has 0 aromatic heterocycles. The number of carbonyl (C=O) groups excluding carboxylic acids is 1. The Bertz CT molecular complexity index is 449. The molecule has 0 amide bonds. The van der Waals surface area contributed by atoms with Crippen molar-refractivity contribution in [3.8, 4) is 0 Å². The summed E-state index contributed by atoms with van der Waals surface area (Å²) in [5.74, 6) is -0.0322. The van der Waals surface area contributed by atoms with E-state index in [0.717, 1.165) is 31.4 Å². The number of carbonyl (C=O) groups is 1. The summed E-state index contributed by atoms with van der Waals surface area (Å²) in [6.07, 6.45) is 3.85. The molecular formula is C17H25NO3. The Morgan fingerprint density at radius 3 is 2.62 bits per heavy atom. The molecule has 3 unspecified atom stereocenters. The molecule has 4 heteroatoms. The topological polar surface area (TPSA) is 49.8 Å². The molecule has 0 radical (unpaired) electrons. The highest BCUT2D eigenvalue weighted by Crippen LogP contribution is 2.28. The van der Waals surface area contributed by atoms with Crippen molar-refractivity contribution in [2.75, 3.05) is 18.6 Å². The summed E-state index contributed by atoms with van der Waals surface area (Å²) >= 11 is 0. The second-order valence-electron chi connectivity index (χ2n) is 5.80. The van der Waals surface area contributed by atoms with Crippen LogP contribution in [0.3, 0.4) is 0 Å². The molecule has 0 saturated heterocycles. The fourth-order valence-corrected chi connectivity index (χ4v) is 3.06. The molecule has 4 nitrogen and oxygen atoms in total. The van der Waals surface area contributed by atoms with Gasteiger partial charge in [-0.25, -0.2) is 4.79 Å². The second-order valence-corrected chi connectivity index (χ2v) is 5.80. The van der Waals surface area contributed by atoms with Crippen molar-refractivity contribution in [1.82, 2.24) is 0 Å². The van der Waals surface area contributed by atoms with Gasteiger partial charge in [-0.15, -0.1) is 0 Å². The van der Waals surface area contributed by atoms with E-state index < -0.39 is 0 Å². The third-order valence-electron chi connectivity index (χ3n) is 4.40. The summed E-state index contributed by atoms with van der Waals surface area (Å²) in [7, 11) is 1.41. The number of para-hydroxylation sites is 1. The third-order valence-corrected chi connectivity index (χ3v) is 4.40. The van der Waals surface area contributed by atoms with Crippen LogP contribution in [-0.2, 0) is 9.53 Å². The summed E-state index contributed by atoms with van der Waals surface area (Å²) in [5.41, 5.74) is 0.994. The fourth-order valence-electron chi connectivity index (χ4n) is 3.06. The number of rotatable bonds is 5. The SMILES string of the molecule is COC(=O)C(C)N(CC1CCCCC1O)c1ccccc1. The van der Waals surface area contributed by atoms with Gasteiger partial charge in [-0.1, -0.05) is 31.0 Å². The van der Waals surface area contributed by atoms with E-state index in [1.54, 1.807) is 0 Å². The van der Waals surface area contributed by atoms with Gasteiger partial charge in [0, 0.05) is 18.2 Å². The highest BCUT2D eigenvalue weighted by atomic mass is 16.5. The molecule has 116 valence electrons. The maximum absolute atomic E-state index is 11.9. The Labute approximate surface area is 126 Å². The zero-order chi connectivity index (χ0) is 15.2. The highest BCUT2D eigenvalue weighted by Gasteiger charge is 2.29. The molecular weight excluding hydrogens is 266 g/mol. The van der Waals surface area contributed by atoms with Gasteiger partial charge in [-0.3, -0.25) is 0 Å². The van der Waals surface area contributed by atoms with Crippen LogP contribution in [0.5, 0.6) is 0 Å². The van der Waals surface area contributed by atoms with Crippen LogP contribution in [0.1, 0.15) is 32.6 Å². The second kappa shape index (κ2) is 7.46. The fraction of sp³-hybridized carbons (Fsp3) is 0.588. The van der Waals surface area contributed by atoms with Gasteiger partial charge >= 0.3 is 5.97 Å². The predicted molar refractivity (Wildman–Crippen MR) is 83.2 cm³/mol. The average molecular weight is 291 g/mol. The molecule has 1 aromatic rings. The van der Waals surface area contributed by atoms with Crippen LogP contribution in [0, 0.1) is 5.92 Å². The van der Waals surface area contributed by atoms with Crippen LogP contribution in [0.4, 0.5) is 5.69 Å². The number of nitrogens with zero attached hydrogens (tertiary/aromatic N) is 1. The van der Waals surface area contributed by atoms with Gasteiger partial charge in [0.25, 0.3) is 0 Å². The van der Waals surface area contributed by atoms with Crippen LogP contribution >= 0.6 is 0 Å². The number of benzene rings is 1. The van der Waals surface area contributed by atoms with Crippen molar-refractivity contribution in [3.05, 3.63) is 30.3 Å². The summed E-state index contributed by atoms with van der Waals surface area (Å²) < 4.78 is 4.89. The molecule has 1 aliphatic carbocycles. The van der Waals surface area contributed by atoms with Crippen LogP contribution in [0.25, 0.3) is 0 Å².